The zero-order chi connectivity index (χ0) is 14.7. The first-order valence-corrected chi connectivity index (χ1v) is 7.98. The summed E-state index contributed by atoms with van der Waals surface area (Å²) in [6.45, 7) is 6.97. The molecule has 0 aliphatic carbocycles. The zero-order valence-corrected chi connectivity index (χ0v) is 12.8. The van der Waals surface area contributed by atoms with Gasteiger partial charge >= 0.3 is 0 Å². The van der Waals surface area contributed by atoms with E-state index in [2.05, 4.69) is 27.3 Å². The molecule has 1 saturated heterocycles. The summed E-state index contributed by atoms with van der Waals surface area (Å²) in [7, 11) is 2.15. The molecule has 21 heavy (non-hydrogen) atoms. The number of rotatable bonds is 4. The molecule has 2 aliphatic heterocycles. The summed E-state index contributed by atoms with van der Waals surface area (Å²) in [5, 5.41) is 7.41. The Morgan fingerprint density at radius 2 is 2.05 bits per heavy atom. The van der Waals surface area contributed by atoms with Gasteiger partial charge < -0.3 is 10.2 Å². The van der Waals surface area contributed by atoms with E-state index >= 15 is 0 Å². The minimum Gasteiger partial charge on any atom is -0.349 e. The van der Waals surface area contributed by atoms with E-state index in [-0.39, 0.29) is 5.91 Å². The van der Waals surface area contributed by atoms with Gasteiger partial charge in [-0.2, -0.15) is 5.10 Å². The lowest BCUT2D eigenvalue weighted by atomic mass is 10.1. The summed E-state index contributed by atoms with van der Waals surface area (Å²) in [5.74, 6) is -0.0361. The van der Waals surface area contributed by atoms with Gasteiger partial charge in [0.05, 0.1) is 0 Å². The fourth-order valence-corrected chi connectivity index (χ4v) is 3.02. The molecule has 0 radical (unpaired) electrons. The Bertz CT molecular complexity index is 467. The third-order valence-electron chi connectivity index (χ3n) is 4.46. The van der Waals surface area contributed by atoms with Gasteiger partial charge in [0.15, 0.2) is 0 Å². The number of nitrogens with zero attached hydrogens (tertiary/aromatic N) is 4. The second-order valence-corrected chi connectivity index (χ2v) is 6.10. The molecule has 3 rings (SSSR count). The van der Waals surface area contributed by atoms with Crippen molar-refractivity contribution in [2.45, 2.75) is 25.8 Å². The summed E-state index contributed by atoms with van der Waals surface area (Å²) in [6, 6.07) is 1.95. The highest BCUT2D eigenvalue weighted by Crippen LogP contribution is 2.15. The molecular formula is C15H25N5O. The first-order valence-electron chi connectivity index (χ1n) is 7.98. The SMILES string of the molecule is CN1CCN(CCNC(=O)c2cc3n(n2)CCCC3)CC1. The third kappa shape index (κ3) is 3.63. The van der Waals surface area contributed by atoms with Crippen LogP contribution in [-0.4, -0.2) is 71.8 Å². The molecule has 1 aromatic rings. The van der Waals surface area contributed by atoms with Gasteiger partial charge in [0.2, 0.25) is 0 Å². The lowest BCUT2D eigenvalue weighted by Crippen LogP contribution is -2.46. The van der Waals surface area contributed by atoms with Crippen molar-refractivity contribution in [3.63, 3.8) is 0 Å². The van der Waals surface area contributed by atoms with Crippen molar-refractivity contribution in [1.29, 1.82) is 0 Å². The first-order chi connectivity index (χ1) is 10.2. The largest absolute Gasteiger partial charge is 0.349 e. The monoisotopic (exact) mass is 291 g/mol. The number of likely N-dealkylation sites (N-methyl/N-ethyl adjacent to an activating group) is 1. The molecule has 2 aliphatic rings. The average molecular weight is 291 g/mol. The second-order valence-electron chi connectivity index (χ2n) is 6.10. The lowest BCUT2D eigenvalue weighted by Gasteiger charge is -2.32. The summed E-state index contributed by atoms with van der Waals surface area (Å²) in [4.78, 5) is 16.9. The van der Waals surface area contributed by atoms with Gasteiger partial charge in [-0.05, 0) is 32.4 Å². The Hall–Kier alpha value is -1.40. The number of amides is 1. The number of nitrogens with one attached hydrogen (secondary N) is 1. The maximum atomic E-state index is 12.1. The van der Waals surface area contributed by atoms with E-state index in [4.69, 9.17) is 0 Å². The lowest BCUT2D eigenvalue weighted by molar-refractivity contribution is 0.0935. The van der Waals surface area contributed by atoms with Crippen LogP contribution >= 0.6 is 0 Å². The molecule has 6 heteroatoms. The molecule has 0 unspecified atom stereocenters. The van der Waals surface area contributed by atoms with Crippen molar-refractivity contribution in [1.82, 2.24) is 24.9 Å². The maximum absolute atomic E-state index is 12.1. The highest BCUT2D eigenvalue weighted by molar-refractivity contribution is 5.92. The van der Waals surface area contributed by atoms with Gasteiger partial charge in [-0.25, -0.2) is 0 Å². The first kappa shape index (κ1) is 14.5. The Morgan fingerprint density at radius 3 is 2.81 bits per heavy atom. The fraction of sp³-hybridized carbons (Fsp3) is 0.733. The number of aromatic nitrogens is 2. The second kappa shape index (κ2) is 6.58. The van der Waals surface area contributed by atoms with Gasteiger partial charge in [-0.1, -0.05) is 0 Å². The van der Waals surface area contributed by atoms with E-state index < -0.39 is 0 Å². The standard InChI is InChI=1S/C15H25N5O/c1-18-8-10-19(11-9-18)7-5-16-15(21)14-12-13-4-2-3-6-20(13)17-14/h12H,2-11H2,1H3,(H,16,21). The van der Waals surface area contributed by atoms with Crippen molar-refractivity contribution in [3.8, 4) is 0 Å². The van der Waals surface area contributed by atoms with E-state index in [1.807, 2.05) is 10.7 Å². The third-order valence-corrected chi connectivity index (χ3v) is 4.46. The van der Waals surface area contributed by atoms with Crippen molar-refractivity contribution in [2.24, 2.45) is 0 Å². The van der Waals surface area contributed by atoms with Crippen LogP contribution in [0.1, 0.15) is 29.0 Å². The summed E-state index contributed by atoms with van der Waals surface area (Å²) in [6.07, 6.45) is 3.41. The Kier molecular flexibility index (Phi) is 4.55. The van der Waals surface area contributed by atoms with Gasteiger partial charge in [0.1, 0.15) is 5.69 Å². The average Bonchev–Trinajstić information content (AvgIpc) is 2.93. The molecular weight excluding hydrogens is 266 g/mol. The molecule has 0 atom stereocenters. The molecule has 3 heterocycles. The number of fused-ring (bicyclic) bond motifs is 1. The number of carbonyl (C=O) groups is 1. The Morgan fingerprint density at radius 1 is 1.24 bits per heavy atom. The van der Waals surface area contributed by atoms with Gasteiger partial charge in [0.25, 0.3) is 5.91 Å². The van der Waals surface area contributed by atoms with Gasteiger partial charge in [-0.15, -0.1) is 0 Å². The predicted molar refractivity (Wildman–Crippen MR) is 81.4 cm³/mol. The molecule has 1 N–H and O–H groups in total. The molecule has 1 fully saturated rings. The van der Waals surface area contributed by atoms with Gasteiger partial charge in [0, 0.05) is 51.5 Å². The van der Waals surface area contributed by atoms with Crippen LogP contribution in [0.4, 0.5) is 0 Å². The Labute approximate surface area is 126 Å². The number of aryl methyl sites for hydroxylation is 2. The maximum Gasteiger partial charge on any atom is 0.271 e. The summed E-state index contributed by atoms with van der Waals surface area (Å²) >= 11 is 0. The normalized spacial score (nSPS) is 20.2. The number of hydrogen-bond acceptors (Lipinski definition) is 4. The molecule has 1 amide bonds. The summed E-state index contributed by atoms with van der Waals surface area (Å²) < 4.78 is 1.99. The van der Waals surface area contributed by atoms with E-state index in [0.717, 1.165) is 45.7 Å². The quantitative estimate of drug-likeness (QED) is 0.861. The van der Waals surface area contributed by atoms with Crippen LogP contribution in [-0.2, 0) is 13.0 Å². The van der Waals surface area contributed by atoms with Crippen molar-refractivity contribution < 1.29 is 4.79 Å². The minimum atomic E-state index is -0.0361. The van der Waals surface area contributed by atoms with Crippen LogP contribution in [0.2, 0.25) is 0 Å². The van der Waals surface area contributed by atoms with Crippen LogP contribution < -0.4 is 5.32 Å². The van der Waals surface area contributed by atoms with Crippen molar-refractivity contribution in [2.75, 3.05) is 46.3 Å². The van der Waals surface area contributed by atoms with E-state index in [0.29, 0.717) is 12.2 Å². The number of piperazine rings is 1. The van der Waals surface area contributed by atoms with Crippen molar-refractivity contribution in [3.05, 3.63) is 17.5 Å². The van der Waals surface area contributed by atoms with E-state index in [9.17, 15) is 4.79 Å². The van der Waals surface area contributed by atoms with Crippen LogP contribution in [0.25, 0.3) is 0 Å². The molecule has 0 aromatic carbocycles. The van der Waals surface area contributed by atoms with Crippen LogP contribution in [0.3, 0.4) is 0 Å². The zero-order valence-electron chi connectivity index (χ0n) is 12.8. The van der Waals surface area contributed by atoms with Crippen molar-refractivity contribution >= 4 is 5.91 Å². The highest BCUT2D eigenvalue weighted by Gasteiger charge is 2.17. The topological polar surface area (TPSA) is 53.4 Å². The molecule has 0 bridgehead atoms. The number of carbonyl (C=O) groups excluding carboxylic acids is 1. The van der Waals surface area contributed by atoms with Gasteiger partial charge in [-0.3, -0.25) is 14.4 Å². The molecule has 1 aromatic heterocycles. The Balaban J connectivity index is 1.45. The molecule has 116 valence electrons. The minimum absolute atomic E-state index is 0.0361. The fourth-order valence-electron chi connectivity index (χ4n) is 3.02. The summed E-state index contributed by atoms with van der Waals surface area (Å²) in [5.41, 5.74) is 1.77. The van der Waals surface area contributed by atoms with E-state index in [1.54, 1.807) is 0 Å². The van der Waals surface area contributed by atoms with Crippen LogP contribution in [0.15, 0.2) is 6.07 Å². The predicted octanol–water partition coefficient (Wildman–Crippen LogP) is 0.197. The van der Waals surface area contributed by atoms with Crippen LogP contribution in [0, 0.1) is 0 Å². The number of hydrogen-bond donors (Lipinski definition) is 1. The van der Waals surface area contributed by atoms with E-state index in [1.165, 1.54) is 18.5 Å². The smallest absolute Gasteiger partial charge is 0.271 e. The molecule has 6 nitrogen and oxygen atoms in total. The van der Waals surface area contributed by atoms with Crippen LogP contribution in [0.5, 0.6) is 0 Å². The molecule has 0 saturated carbocycles. The highest BCUT2D eigenvalue weighted by atomic mass is 16.1. The molecule has 0 spiro atoms.